The second-order valence-electron chi connectivity index (χ2n) is 3.93. The van der Waals surface area contributed by atoms with Crippen LogP contribution < -0.4 is 5.32 Å². The van der Waals surface area contributed by atoms with E-state index in [0.717, 1.165) is 12.1 Å². The SMILES string of the molecule is CS(=O)(=O)c1cccc(C2COCCN2)c1. The monoisotopic (exact) mass is 241 g/mol. The minimum atomic E-state index is -3.13. The Hall–Kier alpha value is -0.910. The molecule has 1 aliphatic rings. The van der Waals surface area contributed by atoms with Gasteiger partial charge in [-0.1, -0.05) is 12.1 Å². The molecule has 0 radical (unpaired) electrons. The number of ether oxygens (including phenoxy) is 1. The fourth-order valence-corrected chi connectivity index (χ4v) is 2.42. The Kier molecular flexibility index (Phi) is 3.28. The maximum atomic E-state index is 11.4. The van der Waals surface area contributed by atoms with Crippen LogP contribution in [0.5, 0.6) is 0 Å². The van der Waals surface area contributed by atoms with Crippen LogP contribution in [0.15, 0.2) is 29.2 Å². The zero-order chi connectivity index (χ0) is 11.6. The molecule has 1 atom stereocenters. The molecule has 1 saturated heterocycles. The van der Waals surface area contributed by atoms with Crippen LogP contribution in [-0.4, -0.2) is 34.4 Å². The summed E-state index contributed by atoms with van der Waals surface area (Å²) in [5, 5.41) is 3.29. The first-order valence-corrected chi connectivity index (χ1v) is 7.07. The van der Waals surface area contributed by atoms with E-state index in [2.05, 4.69) is 5.32 Å². The molecule has 88 valence electrons. The topological polar surface area (TPSA) is 55.4 Å². The summed E-state index contributed by atoms with van der Waals surface area (Å²) in [6.07, 6.45) is 1.22. The number of nitrogens with one attached hydrogen (secondary N) is 1. The number of morpholine rings is 1. The van der Waals surface area contributed by atoms with Gasteiger partial charge in [0.1, 0.15) is 0 Å². The lowest BCUT2D eigenvalue weighted by molar-refractivity contribution is 0.0768. The van der Waals surface area contributed by atoms with Crippen LogP contribution in [0.4, 0.5) is 0 Å². The molecule has 5 heteroatoms. The van der Waals surface area contributed by atoms with Gasteiger partial charge < -0.3 is 10.1 Å². The van der Waals surface area contributed by atoms with Crippen LogP contribution in [0.25, 0.3) is 0 Å². The molecule has 4 nitrogen and oxygen atoms in total. The number of hydrogen-bond acceptors (Lipinski definition) is 4. The fraction of sp³-hybridized carbons (Fsp3) is 0.455. The van der Waals surface area contributed by atoms with Gasteiger partial charge in [0.2, 0.25) is 0 Å². The maximum Gasteiger partial charge on any atom is 0.175 e. The number of benzene rings is 1. The molecule has 2 rings (SSSR count). The third-order valence-electron chi connectivity index (χ3n) is 2.61. The van der Waals surface area contributed by atoms with Crippen LogP contribution in [0, 0.1) is 0 Å². The largest absolute Gasteiger partial charge is 0.378 e. The Balaban J connectivity index is 2.28. The van der Waals surface area contributed by atoms with E-state index in [1.807, 2.05) is 6.07 Å². The Morgan fingerprint density at radius 3 is 2.88 bits per heavy atom. The van der Waals surface area contributed by atoms with Gasteiger partial charge in [-0.2, -0.15) is 0 Å². The summed E-state index contributed by atoms with van der Waals surface area (Å²) in [7, 11) is -3.13. The average molecular weight is 241 g/mol. The predicted molar refractivity (Wildman–Crippen MR) is 61.1 cm³/mol. The Bertz CT molecular complexity index is 464. The van der Waals surface area contributed by atoms with E-state index in [1.165, 1.54) is 6.26 Å². The molecule has 1 heterocycles. The summed E-state index contributed by atoms with van der Waals surface area (Å²) in [5.74, 6) is 0. The van der Waals surface area contributed by atoms with E-state index in [-0.39, 0.29) is 6.04 Å². The summed E-state index contributed by atoms with van der Waals surface area (Å²) >= 11 is 0. The van der Waals surface area contributed by atoms with Gasteiger partial charge in [-0.05, 0) is 17.7 Å². The minimum Gasteiger partial charge on any atom is -0.378 e. The molecule has 1 fully saturated rings. The van der Waals surface area contributed by atoms with Gasteiger partial charge in [0.05, 0.1) is 24.2 Å². The van der Waals surface area contributed by atoms with Crippen molar-refractivity contribution in [3.63, 3.8) is 0 Å². The van der Waals surface area contributed by atoms with Crippen molar-refractivity contribution in [2.75, 3.05) is 26.0 Å². The Labute approximate surface area is 95.5 Å². The van der Waals surface area contributed by atoms with E-state index in [4.69, 9.17) is 4.74 Å². The second-order valence-corrected chi connectivity index (χ2v) is 5.94. The first-order valence-electron chi connectivity index (χ1n) is 5.18. The molecule has 1 aromatic carbocycles. The van der Waals surface area contributed by atoms with E-state index >= 15 is 0 Å². The lowest BCUT2D eigenvalue weighted by Gasteiger charge is -2.24. The van der Waals surface area contributed by atoms with Crippen LogP contribution in [0.1, 0.15) is 11.6 Å². The van der Waals surface area contributed by atoms with Crippen LogP contribution in [0.2, 0.25) is 0 Å². The average Bonchev–Trinajstić information content (AvgIpc) is 2.29. The molecule has 1 aliphatic heterocycles. The fourth-order valence-electron chi connectivity index (χ4n) is 1.74. The molecule has 1 aromatic rings. The first-order chi connectivity index (χ1) is 7.57. The van der Waals surface area contributed by atoms with Crippen LogP contribution in [0.3, 0.4) is 0 Å². The van der Waals surface area contributed by atoms with Crippen LogP contribution in [-0.2, 0) is 14.6 Å². The third-order valence-corrected chi connectivity index (χ3v) is 3.72. The highest BCUT2D eigenvalue weighted by molar-refractivity contribution is 7.90. The van der Waals surface area contributed by atoms with Crippen molar-refractivity contribution >= 4 is 9.84 Å². The number of rotatable bonds is 2. The van der Waals surface area contributed by atoms with Crippen molar-refractivity contribution in [3.05, 3.63) is 29.8 Å². The van der Waals surface area contributed by atoms with Crippen molar-refractivity contribution in [3.8, 4) is 0 Å². The molecule has 0 aliphatic carbocycles. The molecule has 16 heavy (non-hydrogen) atoms. The van der Waals surface area contributed by atoms with Gasteiger partial charge in [0.15, 0.2) is 9.84 Å². The molecular weight excluding hydrogens is 226 g/mol. The van der Waals surface area contributed by atoms with E-state index in [1.54, 1.807) is 18.2 Å². The standard InChI is InChI=1S/C11H15NO3S/c1-16(13,14)10-4-2-3-9(7-10)11-8-15-6-5-12-11/h2-4,7,11-12H,5-6,8H2,1H3. The zero-order valence-corrected chi connectivity index (χ0v) is 9.96. The molecule has 0 saturated carbocycles. The van der Waals surface area contributed by atoms with Crippen molar-refractivity contribution in [2.24, 2.45) is 0 Å². The summed E-state index contributed by atoms with van der Waals surface area (Å²) < 4.78 is 28.2. The summed E-state index contributed by atoms with van der Waals surface area (Å²) in [6.45, 7) is 2.10. The van der Waals surface area contributed by atoms with Gasteiger partial charge >= 0.3 is 0 Å². The van der Waals surface area contributed by atoms with E-state index in [9.17, 15) is 8.42 Å². The third kappa shape index (κ3) is 2.61. The zero-order valence-electron chi connectivity index (χ0n) is 9.14. The Morgan fingerprint density at radius 2 is 2.25 bits per heavy atom. The summed E-state index contributed by atoms with van der Waals surface area (Å²) in [5.41, 5.74) is 0.961. The maximum absolute atomic E-state index is 11.4. The smallest absolute Gasteiger partial charge is 0.175 e. The highest BCUT2D eigenvalue weighted by Crippen LogP contribution is 2.19. The highest BCUT2D eigenvalue weighted by atomic mass is 32.2. The van der Waals surface area contributed by atoms with E-state index < -0.39 is 9.84 Å². The van der Waals surface area contributed by atoms with Gasteiger partial charge in [0, 0.05) is 12.8 Å². The van der Waals surface area contributed by atoms with Gasteiger partial charge in [-0.25, -0.2) is 8.42 Å². The van der Waals surface area contributed by atoms with Gasteiger partial charge in [-0.15, -0.1) is 0 Å². The highest BCUT2D eigenvalue weighted by Gasteiger charge is 2.16. The second kappa shape index (κ2) is 4.53. The minimum absolute atomic E-state index is 0.0930. The number of hydrogen-bond donors (Lipinski definition) is 1. The van der Waals surface area contributed by atoms with E-state index in [0.29, 0.717) is 18.1 Å². The summed E-state index contributed by atoms with van der Waals surface area (Å²) in [4.78, 5) is 0.359. The lowest BCUT2D eigenvalue weighted by Crippen LogP contribution is -2.34. The Morgan fingerprint density at radius 1 is 1.44 bits per heavy atom. The quantitative estimate of drug-likeness (QED) is 0.830. The van der Waals surface area contributed by atoms with Crippen molar-refractivity contribution in [1.82, 2.24) is 5.32 Å². The molecule has 0 aromatic heterocycles. The molecule has 1 unspecified atom stereocenters. The summed E-state index contributed by atoms with van der Waals surface area (Å²) in [6, 6.07) is 7.10. The van der Waals surface area contributed by atoms with Gasteiger partial charge in [0.25, 0.3) is 0 Å². The van der Waals surface area contributed by atoms with Crippen molar-refractivity contribution in [2.45, 2.75) is 10.9 Å². The molecular formula is C11H15NO3S. The molecule has 0 amide bonds. The number of sulfone groups is 1. The lowest BCUT2D eigenvalue weighted by atomic mass is 10.1. The molecule has 0 bridgehead atoms. The van der Waals surface area contributed by atoms with Crippen molar-refractivity contribution in [1.29, 1.82) is 0 Å². The molecule has 1 N–H and O–H groups in total. The van der Waals surface area contributed by atoms with Gasteiger partial charge in [-0.3, -0.25) is 0 Å². The van der Waals surface area contributed by atoms with Crippen LogP contribution >= 0.6 is 0 Å². The van der Waals surface area contributed by atoms with Crippen molar-refractivity contribution < 1.29 is 13.2 Å². The molecule has 0 spiro atoms. The normalized spacial score (nSPS) is 21.9. The predicted octanol–water partition coefficient (Wildman–Crippen LogP) is 0.751. The first kappa shape index (κ1) is 11.6.